The molecule has 0 aliphatic carbocycles. The van der Waals surface area contributed by atoms with Gasteiger partial charge in [-0.25, -0.2) is 0 Å². The van der Waals surface area contributed by atoms with Crippen LogP contribution in [0.2, 0.25) is 0 Å². The smallest absolute Gasteiger partial charge is 0.0394 e. The molecule has 0 aromatic heterocycles. The number of hydrogen-bond donors (Lipinski definition) is 2. The fraction of sp³-hybridized carbons (Fsp3) is 0. The Labute approximate surface area is 164 Å². The average Bonchev–Trinajstić information content (AvgIpc) is 2.73. The van der Waals surface area contributed by atoms with E-state index in [4.69, 9.17) is 11.5 Å². The Morgan fingerprint density at radius 2 is 0.643 bits per heavy atom. The minimum atomic E-state index is 0.782. The molecule has 2 nitrogen and oxygen atoms in total. The first-order valence-corrected chi connectivity index (χ1v) is 9.39. The van der Waals surface area contributed by atoms with E-state index in [0.29, 0.717) is 0 Å². The van der Waals surface area contributed by atoms with Crippen LogP contribution in [-0.2, 0) is 0 Å². The van der Waals surface area contributed by atoms with E-state index in [2.05, 4.69) is 60.7 Å². The topological polar surface area (TPSA) is 52.0 Å². The summed E-state index contributed by atoms with van der Waals surface area (Å²) in [6, 6.07) is 33.2. The molecule has 5 aromatic rings. The molecule has 28 heavy (non-hydrogen) atoms. The van der Waals surface area contributed by atoms with Crippen LogP contribution in [0.4, 0.5) is 11.4 Å². The maximum Gasteiger partial charge on any atom is 0.0394 e. The van der Waals surface area contributed by atoms with E-state index >= 15 is 0 Å². The van der Waals surface area contributed by atoms with Crippen LogP contribution in [0, 0.1) is 0 Å². The van der Waals surface area contributed by atoms with Crippen molar-refractivity contribution in [1.29, 1.82) is 0 Å². The normalized spacial score (nSPS) is 11.1. The van der Waals surface area contributed by atoms with Crippen molar-refractivity contribution in [3.63, 3.8) is 0 Å². The molecule has 0 saturated carbocycles. The number of hydrogen-bond acceptors (Lipinski definition) is 2. The number of nitrogen functional groups attached to an aromatic ring is 2. The predicted octanol–water partition coefficient (Wildman–Crippen LogP) is 6.49. The van der Waals surface area contributed by atoms with Gasteiger partial charge in [0.1, 0.15) is 0 Å². The largest absolute Gasteiger partial charge is 0.398 e. The molecule has 0 radical (unpaired) electrons. The summed E-state index contributed by atoms with van der Waals surface area (Å²) in [6.07, 6.45) is 0. The molecular formula is C26H20N2. The van der Waals surface area contributed by atoms with Gasteiger partial charge >= 0.3 is 0 Å². The zero-order valence-electron chi connectivity index (χ0n) is 15.4. The summed E-state index contributed by atoms with van der Waals surface area (Å²) in [4.78, 5) is 0. The molecule has 134 valence electrons. The first-order valence-electron chi connectivity index (χ1n) is 9.39. The summed E-state index contributed by atoms with van der Waals surface area (Å²) >= 11 is 0. The average molecular weight is 360 g/mol. The highest BCUT2D eigenvalue weighted by Gasteiger charge is 2.18. The third-order valence-electron chi connectivity index (χ3n) is 5.39. The molecule has 5 rings (SSSR count). The van der Waals surface area contributed by atoms with Gasteiger partial charge in [-0.1, -0.05) is 84.9 Å². The molecule has 0 aliphatic heterocycles. The van der Waals surface area contributed by atoms with Gasteiger partial charge in [0.15, 0.2) is 0 Å². The third kappa shape index (κ3) is 2.43. The summed E-state index contributed by atoms with van der Waals surface area (Å²) in [5.74, 6) is 0. The van der Waals surface area contributed by atoms with E-state index in [1.807, 2.05) is 36.4 Å². The van der Waals surface area contributed by atoms with E-state index in [9.17, 15) is 0 Å². The molecule has 2 heteroatoms. The lowest BCUT2D eigenvalue weighted by molar-refractivity contribution is 1.64. The summed E-state index contributed by atoms with van der Waals surface area (Å²) < 4.78 is 0. The molecular weight excluding hydrogens is 340 g/mol. The monoisotopic (exact) mass is 360 g/mol. The Bertz CT molecular complexity index is 1170. The summed E-state index contributed by atoms with van der Waals surface area (Å²) in [6.45, 7) is 0. The number of anilines is 2. The van der Waals surface area contributed by atoms with Crippen molar-refractivity contribution >= 4 is 32.9 Å². The SMILES string of the molecule is Nc1ccccc1-c1c2ccccc2c(-c2ccccc2N)c2ccccc12. The Balaban J connectivity index is 2.04. The molecule has 0 atom stereocenters. The fourth-order valence-electron chi connectivity index (χ4n) is 4.16. The highest BCUT2D eigenvalue weighted by atomic mass is 14.6. The number of para-hydroxylation sites is 2. The van der Waals surface area contributed by atoms with E-state index in [1.165, 1.54) is 32.7 Å². The number of rotatable bonds is 2. The van der Waals surface area contributed by atoms with E-state index < -0.39 is 0 Å². The molecule has 0 fully saturated rings. The van der Waals surface area contributed by atoms with Crippen molar-refractivity contribution < 1.29 is 0 Å². The maximum atomic E-state index is 6.39. The second-order valence-corrected chi connectivity index (χ2v) is 7.02. The zero-order chi connectivity index (χ0) is 19.1. The van der Waals surface area contributed by atoms with Gasteiger partial charge < -0.3 is 11.5 Å². The minimum absolute atomic E-state index is 0.782. The number of benzene rings is 5. The van der Waals surface area contributed by atoms with Gasteiger partial charge in [0.2, 0.25) is 0 Å². The lowest BCUT2D eigenvalue weighted by atomic mass is 9.85. The minimum Gasteiger partial charge on any atom is -0.398 e. The quantitative estimate of drug-likeness (QED) is 0.279. The first-order chi connectivity index (χ1) is 13.8. The molecule has 0 spiro atoms. The van der Waals surface area contributed by atoms with Gasteiger partial charge in [0, 0.05) is 22.5 Å². The van der Waals surface area contributed by atoms with Crippen LogP contribution in [0.3, 0.4) is 0 Å². The van der Waals surface area contributed by atoms with Crippen LogP contribution in [0.15, 0.2) is 97.1 Å². The molecule has 4 N–H and O–H groups in total. The first kappa shape index (κ1) is 16.4. The summed E-state index contributed by atoms with van der Waals surface area (Å²) in [7, 11) is 0. The lowest BCUT2D eigenvalue weighted by Gasteiger charge is -2.19. The molecule has 0 amide bonds. The van der Waals surface area contributed by atoms with Crippen LogP contribution in [0.25, 0.3) is 43.8 Å². The van der Waals surface area contributed by atoms with Gasteiger partial charge in [-0.3, -0.25) is 0 Å². The maximum absolute atomic E-state index is 6.39. The second kappa shape index (κ2) is 6.43. The van der Waals surface area contributed by atoms with Crippen molar-refractivity contribution in [2.75, 3.05) is 11.5 Å². The van der Waals surface area contributed by atoms with E-state index in [0.717, 1.165) is 22.5 Å². The van der Waals surface area contributed by atoms with Crippen molar-refractivity contribution in [3.8, 4) is 22.3 Å². The summed E-state index contributed by atoms with van der Waals surface area (Å²) in [5, 5.41) is 4.71. The lowest BCUT2D eigenvalue weighted by Crippen LogP contribution is -1.95. The van der Waals surface area contributed by atoms with Crippen molar-refractivity contribution in [2.45, 2.75) is 0 Å². The molecule has 0 saturated heterocycles. The van der Waals surface area contributed by atoms with Crippen molar-refractivity contribution in [2.24, 2.45) is 0 Å². The Morgan fingerprint density at radius 1 is 0.357 bits per heavy atom. The number of nitrogens with two attached hydrogens (primary N) is 2. The molecule has 0 aliphatic rings. The van der Waals surface area contributed by atoms with Crippen LogP contribution >= 0.6 is 0 Å². The standard InChI is InChI=1S/C26H20N2/c27-23-15-7-5-13-21(23)25-17-9-1-2-10-18(17)26(20-12-4-3-11-19(20)25)22-14-6-8-16-24(22)28/h1-16H,27-28H2. The van der Waals surface area contributed by atoms with Crippen LogP contribution in [0.1, 0.15) is 0 Å². The highest BCUT2D eigenvalue weighted by Crippen LogP contribution is 2.45. The van der Waals surface area contributed by atoms with Crippen LogP contribution < -0.4 is 11.5 Å². The Morgan fingerprint density at radius 3 is 0.964 bits per heavy atom. The Hall–Kier alpha value is -3.78. The van der Waals surface area contributed by atoms with Gasteiger partial charge in [0.25, 0.3) is 0 Å². The van der Waals surface area contributed by atoms with Gasteiger partial charge in [-0.05, 0) is 44.8 Å². The second-order valence-electron chi connectivity index (χ2n) is 7.02. The molecule has 0 bridgehead atoms. The molecule has 0 unspecified atom stereocenters. The van der Waals surface area contributed by atoms with Gasteiger partial charge in [-0.15, -0.1) is 0 Å². The van der Waals surface area contributed by atoms with E-state index in [-0.39, 0.29) is 0 Å². The predicted molar refractivity (Wildman–Crippen MR) is 121 cm³/mol. The molecule has 5 aromatic carbocycles. The molecule has 0 heterocycles. The third-order valence-corrected chi connectivity index (χ3v) is 5.39. The van der Waals surface area contributed by atoms with E-state index in [1.54, 1.807) is 0 Å². The number of fused-ring (bicyclic) bond motifs is 2. The summed E-state index contributed by atoms with van der Waals surface area (Å²) in [5.41, 5.74) is 18.8. The van der Waals surface area contributed by atoms with Gasteiger partial charge in [0.05, 0.1) is 0 Å². The highest BCUT2D eigenvalue weighted by molar-refractivity contribution is 6.22. The van der Waals surface area contributed by atoms with Crippen molar-refractivity contribution in [3.05, 3.63) is 97.1 Å². The Kier molecular flexibility index (Phi) is 3.77. The van der Waals surface area contributed by atoms with Crippen LogP contribution in [-0.4, -0.2) is 0 Å². The van der Waals surface area contributed by atoms with Crippen LogP contribution in [0.5, 0.6) is 0 Å². The fourth-order valence-corrected chi connectivity index (χ4v) is 4.16. The van der Waals surface area contributed by atoms with Gasteiger partial charge in [-0.2, -0.15) is 0 Å². The zero-order valence-corrected chi connectivity index (χ0v) is 15.4. The van der Waals surface area contributed by atoms with Crippen molar-refractivity contribution in [1.82, 2.24) is 0 Å².